The van der Waals surface area contributed by atoms with E-state index in [4.69, 9.17) is 9.15 Å². The van der Waals surface area contributed by atoms with Crippen molar-refractivity contribution in [3.8, 4) is 5.75 Å². The Bertz CT molecular complexity index is 1160. The van der Waals surface area contributed by atoms with Crippen molar-refractivity contribution in [2.24, 2.45) is 5.92 Å². The van der Waals surface area contributed by atoms with E-state index < -0.39 is 0 Å². The van der Waals surface area contributed by atoms with Gasteiger partial charge in [-0.1, -0.05) is 65.0 Å². The Morgan fingerprint density at radius 1 is 1.00 bits per heavy atom. The molecule has 0 amide bonds. The molecule has 1 aromatic heterocycles. The molecule has 3 rings (SSSR count). The van der Waals surface area contributed by atoms with Crippen LogP contribution in [-0.4, -0.2) is 36.4 Å². The number of nitrogens with zero attached hydrogens (tertiary/aromatic N) is 1. The summed E-state index contributed by atoms with van der Waals surface area (Å²) < 4.78 is 11.8. The average Bonchev–Trinajstić information content (AvgIpc) is 2.82. The Hall–Kier alpha value is -2.92. The highest BCUT2D eigenvalue weighted by molar-refractivity contribution is 5.96. The number of carbonyl (C=O) groups excluding carboxylic acids is 1. The quantitative estimate of drug-likeness (QED) is 0.322. The second kappa shape index (κ2) is 11.5. The molecule has 0 N–H and O–H groups in total. The first-order valence-electron chi connectivity index (χ1n) is 12.3. The van der Waals surface area contributed by atoms with Gasteiger partial charge in [-0.2, -0.15) is 0 Å². The number of ether oxygens (including phenoxy) is 1. The van der Waals surface area contributed by atoms with Crippen molar-refractivity contribution in [3.63, 3.8) is 0 Å². The van der Waals surface area contributed by atoms with Gasteiger partial charge in [-0.05, 0) is 49.7 Å². The molecule has 2 unspecified atom stereocenters. The minimum absolute atomic E-state index is 0.0911. The zero-order valence-electron chi connectivity index (χ0n) is 21.3. The second-order valence-corrected chi connectivity index (χ2v) is 9.35. The van der Waals surface area contributed by atoms with Crippen molar-refractivity contribution in [1.29, 1.82) is 0 Å². The fourth-order valence-electron chi connectivity index (χ4n) is 4.31. The molecule has 0 radical (unpaired) electrons. The number of hydrogen-bond donors (Lipinski definition) is 0. The molecule has 1 heterocycles. The van der Waals surface area contributed by atoms with Crippen molar-refractivity contribution in [3.05, 3.63) is 75.6 Å². The van der Waals surface area contributed by atoms with E-state index in [1.165, 1.54) is 17.2 Å². The minimum Gasteiger partial charge on any atom is -0.492 e. The van der Waals surface area contributed by atoms with Gasteiger partial charge < -0.3 is 14.1 Å². The largest absolute Gasteiger partial charge is 0.492 e. The van der Waals surface area contributed by atoms with Crippen LogP contribution in [0.25, 0.3) is 11.0 Å². The van der Waals surface area contributed by atoms with Crippen molar-refractivity contribution >= 4 is 16.8 Å². The van der Waals surface area contributed by atoms with Crippen molar-refractivity contribution in [2.45, 2.75) is 59.9 Å². The van der Waals surface area contributed by atoms with Gasteiger partial charge in [0.2, 0.25) is 5.78 Å². The lowest BCUT2D eigenvalue weighted by Crippen LogP contribution is -2.34. The van der Waals surface area contributed by atoms with E-state index in [2.05, 4.69) is 56.9 Å². The number of rotatable bonds is 11. The molecule has 3 aromatic rings. The molecule has 0 aliphatic rings. The molecule has 2 atom stereocenters. The molecule has 0 fully saturated rings. The smallest absolute Gasteiger partial charge is 0.200 e. The number of hydrogen-bond acceptors (Lipinski definition) is 5. The van der Waals surface area contributed by atoms with Gasteiger partial charge in [0.05, 0.1) is 6.61 Å². The molecule has 0 spiro atoms. The lowest BCUT2D eigenvalue weighted by molar-refractivity contribution is 0.0912. The monoisotopic (exact) mass is 463 g/mol. The summed E-state index contributed by atoms with van der Waals surface area (Å²) in [5.74, 6) is 0.291. The van der Waals surface area contributed by atoms with Crippen LogP contribution in [0, 0.1) is 5.92 Å². The summed E-state index contributed by atoms with van der Waals surface area (Å²) in [5.41, 5.74) is 2.62. The van der Waals surface area contributed by atoms with E-state index in [1.807, 2.05) is 0 Å². The van der Waals surface area contributed by atoms with E-state index in [0.717, 1.165) is 19.5 Å². The van der Waals surface area contributed by atoms with Crippen LogP contribution in [0.3, 0.4) is 0 Å². The highest BCUT2D eigenvalue weighted by Gasteiger charge is 2.18. The van der Waals surface area contributed by atoms with Crippen LogP contribution in [0.2, 0.25) is 0 Å². The molecule has 0 bridgehead atoms. The summed E-state index contributed by atoms with van der Waals surface area (Å²) in [5, 5.41) is 0.371. The van der Waals surface area contributed by atoms with Crippen LogP contribution in [0.5, 0.6) is 5.75 Å². The number of benzene rings is 2. The van der Waals surface area contributed by atoms with E-state index >= 15 is 0 Å². The third-order valence-corrected chi connectivity index (χ3v) is 6.49. The van der Waals surface area contributed by atoms with Gasteiger partial charge in [0.15, 0.2) is 11.2 Å². The van der Waals surface area contributed by atoms with Gasteiger partial charge in [0.1, 0.15) is 16.7 Å². The van der Waals surface area contributed by atoms with Crippen molar-refractivity contribution in [2.75, 3.05) is 19.7 Å². The second-order valence-electron chi connectivity index (χ2n) is 9.35. The Labute approximate surface area is 202 Å². The standard InChI is InChI=1S/C29H37NO4/c1-7-30(8-2)21(6)16-22-12-14-23(15-13-22)20(5)18-33-25-10-9-11-26-28(25)24(31)17-27(34-26)29(32)19(3)4/h9-15,17,19-21H,7-8,16,18H2,1-6H3. The number of carbonyl (C=O) groups is 1. The van der Waals surface area contributed by atoms with Crippen LogP contribution in [-0.2, 0) is 6.42 Å². The molecule has 182 valence electrons. The molecular formula is C29H37NO4. The van der Waals surface area contributed by atoms with Crippen LogP contribution < -0.4 is 10.2 Å². The third-order valence-electron chi connectivity index (χ3n) is 6.49. The molecule has 0 saturated carbocycles. The van der Waals surface area contributed by atoms with Gasteiger partial charge in [-0.25, -0.2) is 0 Å². The zero-order chi connectivity index (χ0) is 24.8. The fourth-order valence-corrected chi connectivity index (χ4v) is 4.31. The predicted octanol–water partition coefficient (Wildman–Crippen LogP) is 6.09. The molecule has 5 heteroatoms. The van der Waals surface area contributed by atoms with Crippen molar-refractivity contribution < 1.29 is 13.9 Å². The SMILES string of the molecule is CCN(CC)C(C)Cc1ccc(C(C)COc2cccc3oc(C(=O)C(C)C)cc(=O)c23)cc1. The molecule has 5 nitrogen and oxygen atoms in total. The first-order chi connectivity index (χ1) is 16.2. The maximum absolute atomic E-state index is 12.8. The Kier molecular flexibility index (Phi) is 8.67. The first kappa shape index (κ1) is 25.7. The van der Waals surface area contributed by atoms with Crippen molar-refractivity contribution in [1.82, 2.24) is 4.90 Å². The molecule has 2 aromatic carbocycles. The Morgan fingerprint density at radius 2 is 1.68 bits per heavy atom. The number of Topliss-reactive ketones (excluding diaryl/α,β-unsaturated/α-hetero) is 1. The average molecular weight is 464 g/mol. The van der Waals surface area contributed by atoms with Gasteiger partial charge in [0, 0.05) is 23.9 Å². The minimum atomic E-state index is -0.264. The summed E-state index contributed by atoms with van der Waals surface area (Å²) >= 11 is 0. The fraction of sp³-hybridized carbons (Fsp3) is 0.448. The molecule has 34 heavy (non-hydrogen) atoms. The summed E-state index contributed by atoms with van der Waals surface area (Å²) in [4.78, 5) is 27.5. The topological polar surface area (TPSA) is 59.8 Å². The lowest BCUT2D eigenvalue weighted by atomic mass is 9.98. The van der Waals surface area contributed by atoms with Crippen LogP contribution in [0.4, 0.5) is 0 Å². The maximum atomic E-state index is 12.8. The van der Waals surface area contributed by atoms with E-state index in [9.17, 15) is 9.59 Å². The molecule has 0 aliphatic heterocycles. The van der Waals surface area contributed by atoms with Gasteiger partial charge in [0.25, 0.3) is 0 Å². The Balaban J connectivity index is 1.71. The zero-order valence-corrected chi connectivity index (χ0v) is 21.3. The lowest BCUT2D eigenvalue weighted by Gasteiger charge is -2.26. The molecule has 0 saturated heterocycles. The third kappa shape index (κ3) is 5.95. The predicted molar refractivity (Wildman–Crippen MR) is 138 cm³/mol. The number of ketones is 1. The molecule has 0 aliphatic carbocycles. The van der Waals surface area contributed by atoms with E-state index in [1.54, 1.807) is 32.0 Å². The first-order valence-corrected chi connectivity index (χ1v) is 12.3. The highest BCUT2D eigenvalue weighted by Crippen LogP contribution is 2.26. The normalized spacial score (nSPS) is 13.4. The highest BCUT2D eigenvalue weighted by atomic mass is 16.5. The van der Waals surface area contributed by atoms with Crippen LogP contribution in [0.15, 0.2) is 57.7 Å². The summed E-state index contributed by atoms with van der Waals surface area (Å²) in [7, 11) is 0. The van der Waals surface area contributed by atoms with E-state index in [0.29, 0.717) is 29.4 Å². The van der Waals surface area contributed by atoms with Crippen LogP contribution in [0.1, 0.15) is 69.1 Å². The summed E-state index contributed by atoms with van der Waals surface area (Å²) in [6, 6.07) is 15.8. The number of likely N-dealkylation sites (N-methyl/N-ethyl adjacent to an activating group) is 1. The number of fused-ring (bicyclic) bond motifs is 1. The maximum Gasteiger partial charge on any atom is 0.200 e. The molecular weight excluding hydrogens is 426 g/mol. The summed E-state index contributed by atoms with van der Waals surface area (Å²) in [6.07, 6.45) is 1.03. The van der Waals surface area contributed by atoms with Gasteiger partial charge >= 0.3 is 0 Å². The van der Waals surface area contributed by atoms with Gasteiger partial charge in [-0.15, -0.1) is 0 Å². The Morgan fingerprint density at radius 3 is 2.29 bits per heavy atom. The van der Waals surface area contributed by atoms with Crippen LogP contribution >= 0.6 is 0 Å². The summed E-state index contributed by atoms with van der Waals surface area (Å²) in [6.45, 7) is 14.9. The van der Waals surface area contributed by atoms with Gasteiger partial charge in [-0.3, -0.25) is 9.59 Å². The van der Waals surface area contributed by atoms with E-state index in [-0.39, 0.29) is 28.8 Å².